The molecule has 1 unspecified atom stereocenters. The van der Waals surface area contributed by atoms with Gasteiger partial charge in [0.05, 0.1) is 11.1 Å². The standard InChI is InChI=1S/C16H25N3O2/c1-5-7-8-19(4)16(21)14-9-13(10-17-11-14)15(20)18-12(3)6-2/h9-12H,5-8H2,1-4H3,(H,18,20). The summed E-state index contributed by atoms with van der Waals surface area (Å²) in [6.07, 6.45) is 5.85. The van der Waals surface area contributed by atoms with Crippen molar-refractivity contribution in [2.75, 3.05) is 13.6 Å². The van der Waals surface area contributed by atoms with Gasteiger partial charge in [0.2, 0.25) is 0 Å². The molecular weight excluding hydrogens is 266 g/mol. The number of unbranched alkanes of at least 4 members (excludes halogenated alkanes) is 1. The van der Waals surface area contributed by atoms with Crippen LogP contribution in [0.5, 0.6) is 0 Å². The molecule has 0 aliphatic rings. The molecule has 0 aliphatic carbocycles. The Morgan fingerprint density at radius 2 is 1.95 bits per heavy atom. The minimum atomic E-state index is -0.192. The van der Waals surface area contributed by atoms with E-state index in [-0.39, 0.29) is 17.9 Å². The van der Waals surface area contributed by atoms with Crippen molar-refractivity contribution in [3.05, 3.63) is 29.6 Å². The predicted molar refractivity (Wildman–Crippen MR) is 83.3 cm³/mol. The molecule has 1 aromatic rings. The van der Waals surface area contributed by atoms with Crippen LogP contribution in [0.1, 0.15) is 60.7 Å². The van der Waals surface area contributed by atoms with E-state index < -0.39 is 0 Å². The Morgan fingerprint density at radius 3 is 2.57 bits per heavy atom. The smallest absolute Gasteiger partial charge is 0.255 e. The highest BCUT2D eigenvalue weighted by molar-refractivity contribution is 5.99. The van der Waals surface area contributed by atoms with E-state index in [1.54, 1.807) is 18.0 Å². The molecule has 1 rings (SSSR count). The van der Waals surface area contributed by atoms with Crippen LogP contribution in [0.4, 0.5) is 0 Å². The number of carbonyl (C=O) groups excluding carboxylic acids is 2. The van der Waals surface area contributed by atoms with Crippen molar-refractivity contribution in [1.29, 1.82) is 0 Å². The van der Waals surface area contributed by atoms with Crippen molar-refractivity contribution in [2.45, 2.75) is 46.1 Å². The molecule has 0 bridgehead atoms. The molecule has 0 aliphatic heterocycles. The molecule has 5 nitrogen and oxygen atoms in total. The van der Waals surface area contributed by atoms with Crippen LogP contribution in [0.2, 0.25) is 0 Å². The lowest BCUT2D eigenvalue weighted by molar-refractivity contribution is 0.0793. The summed E-state index contributed by atoms with van der Waals surface area (Å²) >= 11 is 0. The maximum atomic E-state index is 12.3. The van der Waals surface area contributed by atoms with Crippen LogP contribution in [-0.4, -0.2) is 41.3 Å². The Balaban J connectivity index is 2.80. The van der Waals surface area contributed by atoms with Gasteiger partial charge in [-0.25, -0.2) is 0 Å². The molecule has 116 valence electrons. The van der Waals surface area contributed by atoms with E-state index in [9.17, 15) is 9.59 Å². The highest BCUT2D eigenvalue weighted by Gasteiger charge is 2.15. The van der Waals surface area contributed by atoms with Crippen molar-refractivity contribution in [3.8, 4) is 0 Å². The van der Waals surface area contributed by atoms with Gasteiger partial charge in [0.25, 0.3) is 11.8 Å². The monoisotopic (exact) mass is 291 g/mol. The van der Waals surface area contributed by atoms with Crippen LogP contribution >= 0.6 is 0 Å². The number of amides is 2. The van der Waals surface area contributed by atoms with Crippen LogP contribution < -0.4 is 5.32 Å². The highest BCUT2D eigenvalue weighted by Crippen LogP contribution is 2.07. The van der Waals surface area contributed by atoms with Crippen LogP contribution in [-0.2, 0) is 0 Å². The average molecular weight is 291 g/mol. The third-order valence-corrected chi connectivity index (χ3v) is 3.43. The zero-order valence-electron chi connectivity index (χ0n) is 13.3. The molecule has 1 atom stereocenters. The molecule has 0 saturated carbocycles. The summed E-state index contributed by atoms with van der Waals surface area (Å²) in [5, 5.41) is 2.87. The molecule has 0 spiro atoms. The largest absolute Gasteiger partial charge is 0.350 e. The molecule has 1 N–H and O–H groups in total. The first-order valence-corrected chi connectivity index (χ1v) is 7.50. The Morgan fingerprint density at radius 1 is 1.29 bits per heavy atom. The number of hydrogen-bond acceptors (Lipinski definition) is 3. The second-order valence-corrected chi connectivity index (χ2v) is 5.33. The van der Waals surface area contributed by atoms with Crippen LogP contribution in [0.25, 0.3) is 0 Å². The molecule has 21 heavy (non-hydrogen) atoms. The molecule has 0 aromatic carbocycles. The molecule has 1 heterocycles. The first-order valence-electron chi connectivity index (χ1n) is 7.50. The van der Waals surface area contributed by atoms with Gasteiger partial charge in [-0.05, 0) is 25.8 Å². The quantitative estimate of drug-likeness (QED) is 0.839. The van der Waals surface area contributed by atoms with E-state index in [0.29, 0.717) is 17.7 Å². The maximum absolute atomic E-state index is 12.3. The summed E-state index contributed by atoms with van der Waals surface area (Å²) in [7, 11) is 1.77. The maximum Gasteiger partial charge on any atom is 0.255 e. The summed E-state index contributed by atoms with van der Waals surface area (Å²) in [5.74, 6) is -0.295. The fourth-order valence-electron chi connectivity index (χ4n) is 1.81. The molecule has 0 saturated heterocycles. The fraction of sp³-hybridized carbons (Fsp3) is 0.562. The van der Waals surface area contributed by atoms with Crippen molar-refractivity contribution < 1.29 is 9.59 Å². The Labute approximate surface area is 126 Å². The van der Waals surface area contributed by atoms with Gasteiger partial charge in [0, 0.05) is 32.0 Å². The Hall–Kier alpha value is -1.91. The van der Waals surface area contributed by atoms with Gasteiger partial charge < -0.3 is 10.2 Å². The average Bonchev–Trinajstić information content (AvgIpc) is 2.51. The number of aromatic nitrogens is 1. The van der Waals surface area contributed by atoms with E-state index in [1.165, 1.54) is 12.4 Å². The second-order valence-electron chi connectivity index (χ2n) is 5.33. The molecule has 0 fully saturated rings. The number of nitrogens with zero attached hydrogens (tertiary/aromatic N) is 2. The number of carbonyl (C=O) groups is 2. The number of pyridine rings is 1. The summed E-state index contributed by atoms with van der Waals surface area (Å²) in [5.41, 5.74) is 0.871. The van der Waals surface area contributed by atoms with Gasteiger partial charge in [0.15, 0.2) is 0 Å². The summed E-state index contributed by atoms with van der Waals surface area (Å²) in [4.78, 5) is 30.0. The van der Waals surface area contributed by atoms with Gasteiger partial charge in [-0.15, -0.1) is 0 Å². The minimum Gasteiger partial charge on any atom is -0.350 e. The van der Waals surface area contributed by atoms with Crippen LogP contribution in [0, 0.1) is 0 Å². The van der Waals surface area contributed by atoms with Gasteiger partial charge in [0.1, 0.15) is 0 Å². The van der Waals surface area contributed by atoms with E-state index in [1.807, 2.05) is 13.8 Å². The Kier molecular flexibility index (Phi) is 6.85. The highest BCUT2D eigenvalue weighted by atomic mass is 16.2. The summed E-state index contributed by atoms with van der Waals surface area (Å²) in [6.45, 7) is 6.74. The van der Waals surface area contributed by atoms with Crippen LogP contribution in [0.15, 0.2) is 18.5 Å². The summed E-state index contributed by atoms with van der Waals surface area (Å²) < 4.78 is 0. The van der Waals surface area contributed by atoms with Gasteiger partial charge in [-0.3, -0.25) is 14.6 Å². The second kappa shape index (κ2) is 8.39. The van der Waals surface area contributed by atoms with Gasteiger partial charge >= 0.3 is 0 Å². The van der Waals surface area contributed by atoms with Crippen molar-refractivity contribution >= 4 is 11.8 Å². The molecule has 0 radical (unpaired) electrons. The molecular formula is C16H25N3O2. The van der Waals surface area contributed by atoms with Crippen molar-refractivity contribution in [3.63, 3.8) is 0 Å². The van der Waals surface area contributed by atoms with Gasteiger partial charge in [-0.2, -0.15) is 0 Å². The zero-order chi connectivity index (χ0) is 15.8. The van der Waals surface area contributed by atoms with E-state index in [2.05, 4.69) is 17.2 Å². The topological polar surface area (TPSA) is 62.3 Å². The van der Waals surface area contributed by atoms with E-state index >= 15 is 0 Å². The van der Waals surface area contributed by atoms with E-state index in [0.717, 1.165) is 19.3 Å². The van der Waals surface area contributed by atoms with Crippen molar-refractivity contribution in [1.82, 2.24) is 15.2 Å². The lowest BCUT2D eigenvalue weighted by Gasteiger charge is -2.17. The molecule has 2 amide bonds. The number of hydrogen-bond donors (Lipinski definition) is 1. The lowest BCUT2D eigenvalue weighted by atomic mass is 10.1. The molecule has 5 heteroatoms. The fourth-order valence-corrected chi connectivity index (χ4v) is 1.81. The Bertz CT molecular complexity index is 488. The SMILES string of the molecule is CCCCN(C)C(=O)c1cncc(C(=O)NC(C)CC)c1. The first-order chi connectivity index (χ1) is 9.99. The normalized spacial score (nSPS) is 11.8. The third kappa shape index (κ3) is 5.17. The lowest BCUT2D eigenvalue weighted by Crippen LogP contribution is -2.32. The third-order valence-electron chi connectivity index (χ3n) is 3.43. The van der Waals surface area contributed by atoms with E-state index in [4.69, 9.17) is 0 Å². The minimum absolute atomic E-state index is 0.101. The van der Waals surface area contributed by atoms with Gasteiger partial charge in [-0.1, -0.05) is 20.3 Å². The number of nitrogens with one attached hydrogen (secondary N) is 1. The summed E-state index contributed by atoms with van der Waals surface area (Å²) in [6, 6.07) is 1.71. The zero-order valence-corrected chi connectivity index (χ0v) is 13.3. The first kappa shape index (κ1) is 17.1. The number of rotatable bonds is 7. The molecule has 1 aromatic heterocycles. The van der Waals surface area contributed by atoms with Crippen LogP contribution in [0.3, 0.4) is 0 Å². The predicted octanol–water partition coefficient (Wildman–Crippen LogP) is 2.48. The van der Waals surface area contributed by atoms with Crippen molar-refractivity contribution in [2.24, 2.45) is 0 Å².